The van der Waals surface area contributed by atoms with Crippen molar-refractivity contribution >= 4 is 52.3 Å². The van der Waals surface area contributed by atoms with Gasteiger partial charge in [-0.2, -0.15) is 4.98 Å². The van der Waals surface area contributed by atoms with Crippen LogP contribution in [0.2, 0.25) is 0 Å². The third-order valence-corrected chi connectivity index (χ3v) is 9.34. The van der Waals surface area contributed by atoms with Crippen LogP contribution in [0.3, 0.4) is 0 Å². The largest absolute Gasteiger partial charge is 0.386 e. The number of halogens is 1. The number of aromatic nitrogens is 4. The van der Waals surface area contributed by atoms with Crippen molar-refractivity contribution in [3.05, 3.63) is 10.4 Å². The predicted molar refractivity (Wildman–Crippen MR) is 169 cm³/mol. The molecule has 258 valence electrons. The number of fused-ring (bicyclic) bond motifs is 2. The second-order valence-electron chi connectivity index (χ2n) is 11.6. The molecule has 0 aromatic carbocycles. The number of hydrogen-bond acceptors (Lipinski definition) is 13. The van der Waals surface area contributed by atoms with E-state index in [0.29, 0.717) is 31.9 Å². The minimum Gasteiger partial charge on any atom is -0.386 e. The molecule has 18 heteroatoms. The average Bonchev–Trinajstić information content (AvgIpc) is 3.52. The maximum Gasteiger partial charge on any atom is 0.280 e. The first kappa shape index (κ1) is 36.3. The fourth-order valence-corrected chi connectivity index (χ4v) is 6.47. The molecule has 0 aliphatic carbocycles. The van der Waals surface area contributed by atoms with Gasteiger partial charge in [0.1, 0.15) is 24.4 Å². The summed E-state index contributed by atoms with van der Waals surface area (Å²) in [7, 11) is 0. The topological polar surface area (TPSA) is 225 Å². The molecule has 7 atom stereocenters. The fraction of sp³-hybridized carbons (Fsp3) is 0.750. The number of carbonyl (C=O) groups excluding carboxylic acids is 2. The monoisotopic (exact) mass is 689 g/mol. The van der Waals surface area contributed by atoms with Crippen molar-refractivity contribution in [3.63, 3.8) is 0 Å². The number of imidazole rings is 1. The number of rotatable bonds is 17. The van der Waals surface area contributed by atoms with Crippen LogP contribution < -0.4 is 21.9 Å². The smallest absolute Gasteiger partial charge is 0.280 e. The Balaban J connectivity index is 1.49. The summed E-state index contributed by atoms with van der Waals surface area (Å²) in [5.41, 5.74) is 4.58. The van der Waals surface area contributed by atoms with Gasteiger partial charge in [0, 0.05) is 37.3 Å². The number of ether oxygens (including phenoxy) is 4. The summed E-state index contributed by atoms with van der Waals surface area (Å²) in [6, 6.07) is -0.982. The zero-order valence-electron chi connectivity index (χ0n) is 26.2. The molecule has 2 aliphatic heterocycles. The van der Waals surface area contributed by atoms with E-state index < -0.39 is 60.0 Å². The molecule has 7 N–H and O–H groups in total. The van der Waals surface area contributed by atoms with Crippen LogP contribution in [-0.4, -0.2) is 109 Å². The molecule has 2 aliphatic rings. The number of aliphatic hydroxyl groups excluding tert-OH is 2. The van der Waals surface area contributed by atoms with Crippen molar-refractivity contribution in [2.45, 2.75) is 107 Å². The normalized spacial score (nSPS) is 24.8. The third-order valence-electron chi connectivity index (χ3n) is 8.03. The third kappa shape index (κ3) is 9.09. The molecule has 16 nitrogen and oxygen atoms in total. The van der Waals surface area contributed by atoms with Gasteiger partial charge in [-0.15, -0.1) is 11.6 Å². The SMILES string of the molecule is CCC(C)(CCOCCCCCCCl)NC(=O)C(CSc1nc2c(=O)[nH]c(N)nc2n1C1OC2COC(O)OC2C1O)NC(C)=O. The highest BCUT2D eigenvalue weighted by Crippen LogP contribution is 2.38. The zero-order chi connectivity index (χ0) is 33.4. The van der Waals surface area contributed by atoms with Crippen molar-refractivity contribution in [1.29, 1.82) is 0 Å². The number of nitrogens with one attached hydrogen (secondary N) is 3. The summed E-state index contributed by atoms with van der Waals surface area (Å²) in [5.74, 6) is -0.326. The van der Waals surface area contributed by atoms with Gasteiger partial charge >= 0.3 is 0 Å². The molecule has 0 spiro atoms. The van der Waals surface area contributed by atoms with E-state index in [1.165, 1.54) is 11.5 Å². The van der Waals surface area contributed by atoms with Gasteiger partial charge in [0.2, 0.25) is 17.8 Å². The molecule has 4 rings (SSSR count). The molecule has 2 amide bonds. The molecule has 0 radical (unpaired) electrons. The number of nitrogens with zero attached hydrogens (tertiary/aromatic N) is 3. The molecule has 7 unspecified atom stereocenters. The summed E-state index contributed by atoms with van der Waals surface area (Å²) in [5, 5.41) is 26.8. The maximum absolute atomic E-state index is 13.6. The van der Waals surface area contributed by atoms with Crippen molar-refractivity contribution in [2.24, 2.45) is 0 Å². The van der Waals surface area contributed by atoms with Crippen LogP contribution >= 0.6 is 23.4 Å². The fourth-order valence-electron chi connectivity index (χ4n) is 5.25. The Labute approximate surface area is 275 Å². The Morgan fingerprint density at radius 2 is 2.00 bits per heavy atom. The Kier molecular flexibility index (Phi) is 13.1. The number of nitrogens with two attached hydrogens (primary N) is 1. The van der Waals surface area contributed by atoms with E-state index in [0.717, 1.165) is 37.4 Å². The molecule has 2 aromatic heterocycles. The Morgan fingerprint density at radius 1 is 1.24 bits per heavy atom. The quantitative estimate of drug-likeness (QED) is 0.0767. The minimum atomic E-state index is -1.54. The van der Waals surface area contributed by atoms with E-state index in [4.69, 9.17) is 36.3 Å². The van der Waals surface area contributed by atoms with Crippen molar-refractivity contribution in [1.82, 2.24) is 30.2 Å². The number of amides is 2. The lowest BCUT2D eigenvalue weighted by Crippen LogP contribution is -2.55. The first-order valence-electron chi connectivity index (χ1n) is 15.4. The number of nitrogen functional groups attached to an aromatic ring is 1. The number of anilines is 1. The number of alkyl halides is 1. The highest BCUT2D eigenvalue weighted by Gasteiger charge is 2.50. The number of thioether (sulfide) groups is 1. The lowest BCUT2D eigenvalue weighted by atomic mass is 9.94. The molecular weight excluding hydrogens is 646 g/mol. The van der Waals surface area contributed by atoms with Gasteiger partial charge in [0.15, 0.2) is 22.5 Å². The van der Waals surface area contributed by atoms with Gasteiger partial charge in [0.25, 0.3) is 12.0 Å². The van der Waals surface area contributed by atoms with Crippen LogP contribution in [0.25, 0.3) is 11.2 Å². The lowest BCUT2D eigenvalue weighted by Gasteiger charge is -2.32. The second kappa shape index (κ2) is 16.5. The Bertz CT molecular complexity index is 1400. The van der Waals surface area contributed by atoms with E-state index in [1.807, 2.05) is 13.8 Å². The standard InChI is InChI=1S/C28H44ClN7O9S/c1-4-28(3,9-12-42-11-8-6-5-7-10-29)35-22(39)16(31-15(2)37)14-46-26-32-18-21(33-25(30)34-23(18)40)36(26)24-19(38)20-17(44-24)13-43-27(41)45-20/h16-17,19-20,24,27,38,41H,4-14H2,1-3H3,(H,31,37)(H,35,39)(H3,30,33,34,40). The van der Waals surface area contributed by atoms with E-state index in [1.54, 1.807) is 0 Å². The predicted octanol–water partition coefficient (Wildman–Crippen LogP) is 0.739. The van der Waals surface area contributed by atoms with Crippen LogP contribution in [-0.2, 0) is 28.5 Å². The van der Waals surface area contributed by atoms with Crippen LogP contribution in [0.4, 0.5) is 5.95 Å². The van der Waals surface area contributed by atoms with E-state index in [2.05, 4.69) is 25.6 Å². The number of hydrogen-bond donors (Lipinski definition) is 6. The van der Waals surface area contributed by atoms with Crippen LogP contribution in [0.1, 0.15) is 65.5 Å². The van der Waals surface area contributed by atoms with Crippen LogP contribution in [0.15, 0.2) is 9.95 Å². The number of unbranched alkanes of at least 4 members (excludes halogenated alkanes) is 3. The number of H-pyrrole nitrogens is 1. The molecule has 46 heavy (non-hydrogen) atoms. The summed E-state index contributed by atoms with van der Waals surface area (Å²) < 4.78 is 23.6. The number of carbonyl (C=O) groups is 2. The van der Waals surface area contributed by atoms with Gasteiger partial charge in [0.05, 0.1) is 6.61 Å². The van der Waals surface area contributed by atoms with E-state index in [-0.39, 0.29) is 34.6 Å². The van der Waals surface area contributed by atoms with Gasteiger partial charge in [-0.05, 0) is 32.6 Å². The molecule has 4 heterocycles. The number of aromatic amines is 1. The first-order chi connectivity index (χ1) is 22.0. The highest BCUT2D eigenvalue weighted by molar-refractivity contribution is 7.99. The van der Waals surface area contributed by atoms with Gasteiger partial charge in [-0.25, -0.2) is 4.98 Å². The second-order valence-corrected chi connectivity index (χ2v) is 13.0. The van der Waals surface area contributed by atoms with Gasteiger partial charge < -0.3 is 45.5 Å². The highest BCUT2D eigenvalue weighted by atomic mass is 35.5. The van der Waals surface area contributed by atoms with Gasteiger partial charge in [-0.1, -0.05) is 31.5 Å². The van der Waals surface area contributed by atoms with Crippen molar-refractivity contribution in [2.75, 3.05) is 37.2 Å². The van der Waals surface area contributed by atoms with Crippen molar-refractivity contribution < 1.29 is 38.7 Å². The molecule has 0 saturated carbocycles. The summed E-state index contributed by atoms with van der Waals surface area (Å²) in [6.07, 6.45) is 1.12. The molecule has 2 fully saturated rings. The van der Waals surface area contributed by atoms with E-state index in [9.17, 15) is 24.6 Å². The van der Waals surface area contributed by atoms with Gasteiger partial charge in [-0.3, -0.25) is 23.9 Å². The van der Waals surface area contributed by atoms with Crippen LogP contribution in [0.5, 0.6) is 0 Å². The first-order valence-corrected chi connectivity index (χ1v) is 16.9. The Morgan fingerprint density at radius 3 is 2.72 bits per heavy atom. The van der Waals surface area contributed by atoms with Crippen molar-refractivity contribution in [3.8, 4) is 0 Å². The lowest BCUT2D eigenvalue weighted by molar-refractivity contribution is -0.331. The maximum atomic E-state index is 13.6. The molecular formula is C28H44ClN7O9S. The Hall–Kier alpha value is -2.51. The van der Waals surface area contributed by atoms with Crippen LogP contribution in [0, 0.1) is 0 Å². The van der Waals surface area contributed by atoms with E-state index >= 15 is 0 Å². The minimum absolute atomic E-state index is 0.00865. The molecule has 2 saturated heterocycles. The summed E-state index contributed by atoms with van der Waals surface area (Å²) in [6.45, 7) is 4.71. The molecule has 0 bridgehead atoms. The zero-order valence-corrected chi connectivity index (χ0v) is 27.8. The average molecular weight is 690 g/mol. The molecule has 2 aromatic rings. The summed E-state index contributed by atoms with van der Waals surface area (Å²) >= 11 is 6.77. The summed E-state index contributed by atoms with van der Waals surface area (Å²) in [4.78, 5) is 49.5. The number of aliphatic hydroxyl groups is 2.